The average molecular weight is 355 g/mol. The number of benzene rings is 2. The van der Waals surface area contributed by atoms with Gasteiger partial charge in [0.15, 0.2) is 11.5 Å². The first-order valence-corrected chi connectivity index (χ1v) is 8.41. The van der Waals surface area contributed by atoms with Crippen LogP contribution in [-0.2, 0) is 22.7 Å². The molecule has 6 heteroatoms. The van der Waals surface area contributed by atoms with Gasteiger partial charge in [-0.2, -0.15) is 0 Å². The third kappa shape index (κ3) is 4.14. The maximum absolute atomic E-state index is 12.0. The number of nitrogens with zero attached hydrogens (tertiary/aromatic N) is 1. The molecule has 26 heavy (non-hydrogen) atoms. The molecule has 0 radical (unpaired) electrons. The molecule has 0 spiro atoms. The van der Waals surface area contributed by atoms with Crippen LogP contribution in [0.2, 0.25) is 0 Å². The standard InChI is InChI=1S/C20H21NO5/c1-25-17-8-7-15(11-21-12-16(20(23)24)10-19(21)22)9-18(17)26-13-14-5-3-2-4-6-14/h2-9,16H,10-13H2,1H3,(H,23,24). The molecule has 0 aliphatic carbocycles. The van der Waals surface area contributed by atoms with E-state index in [2.05, 4.69) is 0 Å². The topological polar surface area (TPSA) is 76.1 Å². The largest absolute Gasteiger partial charge is 0.493 e. The van der Waals surface area contributed by atoms with Gasteiger partial charge in [-0.15, -0.1) is 0 Å². The number of methoxy groups -OCH3 is 1. The van der Waals surface area contributed by atoms with Crippen LogP contribution in [0.15, 0.2) is 48.5 Å². The highest BCUT2D eigenvalue weighted by molar-refractivity contribution is 5.86. The van der Waals surface area contributed by atoms with E-state index in [1.165, 1.54) is 0 Å². The molecule has 1 N–H and O–H groups in total. The Hall–Kier alpha value is -3.02. The zero-order valence-electron chi connectivity index (χ0n) is 14.6. The lowest BCUT2D eigenvalue weighted by molar-refractivity contribution is -0.141. The number of carbonyl (C=O) groups excluding carboxylic acids is 1. The van der Waals surface area contributed by atoms with E-state index in [0.717, 1.165) is 11.1 Å². The third-order valence-corrected chi connectivity index (χ3v) is 4.40. The van der Waals surface area contributed by atoms with Gasteiger partial charge >= 0.3 is 5.97 Å². The molecule has 1 saturated heterocycles. The first-order chi connectivity index (χ1) is 12.6. The molecule has 136 valence electrons. The van der Waals surface area contributed by atoms with Crippen molar-refractivity contribution in [1.82, 2.24) is 4.90 Å². The zero-order chi connectivity index (χ0) is 18.5. The molecule has 1 heterocycles. The molecule has 2 aromatic rings. The van der Waals surface area contributed by atoms with Gasteiger partial charge in [-0.1, -0.05) is 36.4 Å². The van der Waals surface area contributed by atoms with Crippen LogP contribution in [0.25, 0.3) is 0 Å². The molecular formula is C20H21NO5. The normalized spacial score (nSPS) is 16.6. The van der Waals surface area contributed by atoms with Gasteiger partial charge in [0.05, 0.1) is 13.0 Å². The number of aliphatic carboxylic acids is 1. The molecule has 1 fully saturated rings. The Morgan fingerprint density at radius 1 is 1.15 bits per heavy atom. The van der Waals surface area contributed by atoms with Crippen LogP contribution in [0.3, 0.4) is 0 Å². The Labute approximate surface area is 152 Å². The predicted octanol–water partition coefficient (Wildman–Crippen LogP) is 2.71. The minimum absolute atomic E-state index is 0.0584. The molecule has 2 aromatic carbocycles. The first kappa shape index (κ1) is 17.8. The Morgan fingerprint density at radius 3 is 2.58 bits per heavy atom. The Balaban J connectivity index is 1.71. The number of hydrogen-bond donors (Lipinski definition) is 1. The molecule has 1 atom stereocenters. The van der Waals surface area contributed by atoms with Crippen LogP contribution in [0.1, 0.15) is 17.5 Å². The average Bonchev–Trinajstić information content (AvgIpc) is 3.02. The molecular weight excluding hydrogens is 334 g/mol. The van der Waals surface area contributed by atoms with E-state index in [4.69, 9.17) is 14.6 Å². The zero-order valence-corrected chi connectivity index (χ0v) is 14.6. The van der Waals surface area contributed by atoms with Gasteiger partial charge in [-0.3, -0.25) is 9.59 Å². The van der Waals surface area contributed by atoms with E-state index >= 15 is 0 Å². The van der Waals surface area contributed by atoms with E-state index in [1.54, 1.807) is 18.1 Å². The van der Waals surface area contributed by atoms with Crippen LogP contribution in [-0.4, -0.2) is 35.5 Å². The van der Waals surface area contributed by atoms with Crippen molar-refractivity contribution in [3.8, 4) is 11.5 Å². The number of rotatable bonds is 7. The number of carboxylic acid groups (broad SMARTS) is 1. The summed E-state index contributed by atoms with van der Waals surface area (Å²) in [6.45, 7) is 0.999. The summed E-state index contributed by atoms with van der Waals surface area (Å²) in [6, 6.07) is 15.3. The fourth-order valence-electron chi connectivity index (χ4n) is 2.98. The summed E-state index contributed by atoms with van der Waals surface area (Å²) in [7, 11) is 1.58. The summed E-state index contributed by atoms with van der Waals surface area (Å²) in [6.07, 6.45) is 0.0584. The third-order valence-electron chi connectivity index (χ3n) is 4.40. The monoisotopic (exact) mass is 355 g/mol. The van der Waals surface area contributed by atoms with Gasteiger partial charge in [0, 0.05) is 19.5 Å². The van der Waals surface area contributed by atoms with Gasteiger partial charge in [0.1, 0.15) is 6.61 Å². The van der Waals surface area contributed by atoms with Crippen molar-refractivity contribution in [3.63, 3.8) is 0 Å². The number of hydrogen-bond acceptors (Lipinski definition) is 4. The molecule has 0 aromatic heterocycles. The Bertz CT molecular complexity index is 790. The predicted molar refractivity (Wildman–Crippen MR) is 94.9 cm³/mol. The van der Waals surface area contributed by atoms with Gasteiger partial charge in [0.25, 0.3) is 0 Å². The van der Waals surface area contributed by atoms with Gasteiger partial charge in [-0.05, 0) is 23.3 Å². The number of amides is 1. The molecule has 6 nitrogen and oxygen atoms in total. The van der Waals surface area contributed by atoms with Crippen LogP contribution in [0.5, 0.6) is 11.5 Å². The smallest absolute Gasteiger partial charge is 0.308 e. The first-order valence-electron chi connectivity index (χ1n) is 8.41. The van der Waals surface area contributed by atoms with Crippen LogP contribution < -0.4 is 9.47 Å². The highest BCUT2D eigenvalue weighted by Crippen LogP contribution is 2.30. The second kappa shape index (κ2) is 7.91. The molecule has 3 rings (SSSR count). The highest BCUT2D eigenvalue weighted by atomic mass is 16.5. The number of likely N-dealkylation sites (tertiary alicyclic amines) is 1. The van der Waals surface area contributed by atoms with Gasteiger partial charge in [-0.25, -0.2) is 0 Å². The second-order valence-electron chi connectivity index (χ2n) is 6.27. The maximum Gasteiger partial charge on any atom is 0.308 e. The fourth-order valence-corrected chi connectivity index (χ4v) is 2.98. The molecule has 1 amide bonds. The van der Waals surface area contributed by atoms with Crippen LogP contribution in [0.4, 0.5) is 0 Å². The second-order valence-corrected chi connectivity index (χ2v) is 6.27. The summed E-state index contributed by atoms with van der Waals surface area (Å²) < 4.78 is 11.2. The molecule has 1 aliphatic rings. The molecule has 1 unspecified atom stereocenters. The molecule has 1 aliphatic heterocycles. The summed E-state index contributed by atoms with van der Waals surface area (Å²) in [5, 5.41) is 9.09. The number of carbonyl (C=O) groups is 2. The van der Waals surface area contributed by atoms with Crippen molar-refractivity contribution in [2.24, 2.45) is 5.92 Å². The van der Waals surface area contributed by atoms with E-state index in [-0.39, 0.29) is 18.9 Å². The van der Waals surface area contributed by atoms with Gasteiger partial charge < -0.3 is 19.5 Å². The SMILES string of the molecule is COc1ccc(CN2CC(C(=O)O)CC2=O)cc1OCc1ccccc1. The van der Waals surface area contributed by atoms with Crippen molar-refractivity contribution in [2.45, 2.75) is 19.6 Å². The van der Waals surface area contributed by atoms with Crippen molar-refractivity contribution in [1.29, 1.82) is 0 Å². The van der Waals surface area contributed by atoms with Crippen molar-refractivity contribution < 1.29 is 24.2 Å². The van der Waals surface area contributed by atoms with E-state index in [9.17, 15) is 9.59 Å². The Morgan fingerprint density at radius 2 is 1.92 bits per heavy atom. The summed E-state index contributed by atoms with van der Waals surface area (Å²) in [5.41, 5.74) is 1.91. The Kier molecular flexibility index (Phi) is 5.41. The van der Waals surface area contributed by atoms with Crippen LogP contribution >= 0.6 is 0 Å². The summed E-state index contributed by atoms with van der Waals surface area (Å²) in [5.74, 6) is -0.492. The summed E-state index contributed by atoms with van der Waals surface area (Å²) >= 11 is 0. The summed E-state index contributed by atoms with van der Waals surface area (Å²) in [4.78, 5) is 24.7. The maximum atomic E-state index is 12.0. The fraction of sp³-hybridized carbons (Fsp3) is 0.300. The van der Waals surface area contributed by atoms with E-state index in [0.29, 0.717) is 24.7 Å². The van der Waals surface area contributed by atoms with Gasteiger partial charge in [0.2, 0.25) is 5.91 Å². The molecule has 0 bridgehead atoms. The number of carboxylic acids is 1. The minimum atomic E-state index is -0.928. The van der Waals surface area contributed by atoms with Crippen molar-refractivity contribution >= 4 is 11.9 Å². The van der Waals surface area contributed by atoms with Crippen molar-refractivity contribution in [3.05, 3.63) is 59.7 Å². The van der Waals surface area contributed by atoms with E-state index in [1.807, 2.05) is 42.5 Å². The lowest BCUT2D eigenvalue weighted by atomic mass is 10.1. The quantitative estimate of drug-likeness (QED) is 0.826. The molecule has 0 saturated carbocycles. The lowest BCUT2D eigenvalue weighted by Crippen LogP contribution is -2.25. The lowest BCUT2D eigenvalue weighted by Gasteiger charge is -2.18. The van der Waals surface area contributed by atoms with E-state index < -0.39 is 11.9 Å². The van der Waals surface area contributed by atoms with Crippen LogP contribution in [0, 0.1) is 5.92 Å². The minimum Gasteiger partial charge on any atom is -0.493 e. The number of ether oxygens (including phenoxy) is 2. The van der Waals surface area contributed by atoms with Crippen molar-refractivity contribution in [2.75, 3.05) is 13.7 Å². The highest BCUT2D eigenvalue weighted by Gasteiger charge is 2.34.